The van der Waals surface area contributed by atoms with Crippen LogP contribution in [0.3, 0.4) is 0 Å². The fraction of sp³-hybridized carbons (Fsp3) is 0.364. The molecule has 3 heterocycles. The molecule has 2 N–H and O–H groups in total. The van der Waals surface area contributed by atoms with Crippen molar-refractivity contribution >= 4 is 27.9 Å². The number of carbonyl (C=O) groups excluding carboxylic acids is 2. The van der Waals surface area contributed by atoms with E-state index in [9.17, 15) is 9.59 Å². The normalized spacial score (nSPS) is 29.6. The van der Waals surface area contributed by atoms with E-state index in [0.717, 1.165) is 4.47 Å². The molecule has 3 rings (SSSR count). The first-order valence-corrected chi connectivity index (χ1v) is 6.27. The minimum Gasteiger partial charge on any atom is -0.474 e. The second-order valence-electron chi connectivity index (χ2n) is 4.45. The van der Waals surface area contributed by atoms with E-state index >= 15 is 0 Å². The Morgan fingerprint density at radius 2 is 2.33 bits per heavy atom. The molecule has 1 aromatic rings. The number of fused-ring (bicyclic) bond motifs is 2. The number of hydrogen-bond acceptors (Lipinski definition) is 4. The number of amides is 3. The number of aromatic nitrogens is 1. The Labute approximate surface area is 111 Å². The Hall–Kier alpha value is -1.63. The second-order valence-corrected chi connectivity index (χ2v) is 5.37. The molecule has 0 unspecified atom stereocenters. The molecule has 0 bridgehead atoms. The van der Waals surface area contributed by atoms with Crippen molar-refractivity contribution in [1.82, 2.24) is 15.6 Å². The van der Waals surface area contributed by atoms with Gasteiger partial charge in [0.15, 0.2) is 5.54 Å². The molecule has 1 fully saturated rings. The number of carbonyl (C=O) groups is 2. The van der Waals surface area contributed by atoms with E-state index < -0.39 is 11.6 Å². The highest BCUT2D eigenvalue weighted by Gasteiger charge is 2.53. The fourth-order valence-corrected chi connectivity index (χ4v) is 2.76. The van der Waals surface area contributed by atoms with Crippen LogP contribution in [0, 0.1) is 0 Å². The van der Waals surface area contributed by atoms with E-state index in [1.54, 1.807) is 12.3 Å². The lowest BCUT2D eigenvalue weighted by Gasteiger charge is -2.35. The third-order valence-corrected chi connectivity index (χ3v) is 3.56. The smallest absolute Gasteiger partial charge is 0.322 e. The molecule has 94 valence electrons. The number of nitrogens with one attached hydrogen (secondary N) is 2. The van der Waals surface area contributed by atoms with Gasteiger partial charge < -0.3 is 10.1 Å². The summed E-state index contributed by atoms with van der Waals surface area (Å²) in [6.45, 7) is 1.84. The summed E-state index contributed by atoms with van der Waals surface area (Å²) in [5.41, 5.74) is -0.487. The monoisotopic (exact) mass is 311 g/mol. The number of halogens is 1. The first kappa shape index (κ1) is 11.5. The highest BCUT2D eigenvalue weighted by atomic mass is 79.9. The number of imide groups is 1. The lowest BCUT2D eigenvalue weighted by Crippen LogP contribution is -2.49. The summed E-state index contributed by atoms with van der Waals surface area (Å²) in [5, 5.41) is 4.96. The third-order valence-electron chi connectivity index (χ3n) is 3.13. The third kappa shape index (κ3) is 1.50. The zero-order chi connectivity index (χ0) is 12.9. The Morgan fingerprint density at radius 3 is 3.00 bits per heavy atom. The average molecular weight is 312 g/mol. The maximum Gasteiger partial charge on any atom is 0.322 e. The average Bonchev–Trinajstić information content (AvgIpc) is 2.55. The number of nitrogens with zero attached hydrogens (tertiary/aromatic N) is 1. The lowest BCUT2D eigenvalue weighted by atomic mass is 9.83. The minimum absolute atomic E-state index is 0.199. The summed E-state index contributed by atoms with van der Waals surface area (Å²) in [4.78, 5) is 27.6. The second kappa shape index (κ2) is 3.68. The van der Waals surface area contributed by atoms with Gasteiger partial charge in [-0.05, 0) is 28.9 Å². The Bertz CT molecular complexity index is 562. The van der Waals surface area contributed by atoms with Crippen molar-refractivity contribution in [3.8, 4) is 5.88 Å². The number of ether oxygens (including phenoxy) is 1. The number of rotatable bonds is 0. The molecule has 2 atom stereocenters. The van der Waals surface area contributed by atoms with E-state index in [2.05, 4.69) is 31.5 Å². The number of hydrogen-bond donors (Lipinski definition) is 2. The molecule has 2 aliphatic heterocycles. The molecule has 1 aromatic heterocycles. The highest BCUT2D eigenvalue weighted by Crippen LogP contribution is 2.40. The van der Waals surface area contributed by atoms with E-state index in [0.29, 0.717) is 17.9 Å². The molecule has 1 spiro atoms. The van der Waals surface area contributed by atoms with Gasteiger partial charge in [-0.15, -0.1) is 0 Å². The summed E-state index contributed by atoms with van der Waals surface area (Å²) in [5.74, 6) is 0.0260. The molecule has 0 saturated carbocycles. The van der Waals surface area contributed by atoms with Gasteiger partial charge >= 0.3 is 6.03 Å². The van der Waals surface area contributed by atoms with Gasteiger partial charge in [-0.25, -0.2) is 9.78 Å². The first-order valence-electron chi connectivity index (χ1n) is 5.47. The van der Waals surface area contributed by atoms with Crippen molar-refractivity contribution < 1.29 is 14.3 Å². The molecule has 6 nitrogen and oxygen atoms in total. The van der Waals surface area contributed by atoms with Gasteiger partial charge in [-0.3, -0.25) is 10.1 Å². The van der Waals surface area contributed by atoms with Crippen molar-refractivity contribution in [2.45, 2.75) is 25.0 Å². The van der Waals surface area contributed by atoms with E-state index in [4.69, 9.17) is 4.74 Å². The van der Waals surface area contributed by atoms with Crippen molar-refractivity contribution in [1.29, 1.82) is 0 Å². The van der Waals surface area contributed by atoms with Crippen LogP contribution in [-0.4, -0.2) is 23.0 Å². The molecule has 7 heteroatoms. The zero-order valence-electron chi connectivity index (χ0n) is 9.49. The highest BCUT2D eigenvalue weighted by molar-refractivity contribution is 9.10. The standard InChI is InChI=1S/C11H10BrN3O3/c1-5-3-11(9(16)14-10(17)15-11)7-2-6(12)4-13-8(7)18-5/h2,4-5H,3H2,1H3,(H2,14,15,16,17)/t5-,11+/m1/s1. The summed E-state index contributed by atoms with van der Waals surface area (Å²) >= 11 is 3.31. The van der Waals surface area contributed by atoms with E-state index in [1.165, 1.54) is 0 Å². The topological polar surface area (TPSA) is 80.3 Å². The van der Waals surface area contributed by atoms with Gasteiger partial charge in [0.05, 0.1) is 5.56 Å². The van der Waals surface area contributed by atoms with Crippen molar-refractivity contribution in [2.75, 3.05) is 0 Å². The Kier molecular flexibility index (Phi) is 2.34. The quantitative estimate of drug-likeness (QED) is 0.702. The van der Waals surface area contributed by atoms with Crippen molar-refractivity contribution in [3.05, 3.63) is 22.3 Å². The SMILES string of the molecule is C[C@@H]1C[C@]2(NC(=O)NC2=O)c2cc(Br)cnc2O1. The van der Waals surface area contributed by atoms with Crippen LogP contribution < -0.4 is 15.4 Å². The largest absolute Gasteiger partial charge is 0.474 e. The van der Waals surface area contributed by atoms with Gasteiger partial charge in [0.1, 0.15) is 6.10 Å². The van der Waals surface area contributed by atoms with Crippen LogP contribution in [-0.2, 0) is 10.3 Å². The van der Waals surface area contributed by atoms with Crippen molar-refractivity contribution in [3.63, 3.8) is 0 Å². The molecule has 2 aliphatic rings. The molecule has 0 aliphatic carbocycles. The first-order chi connectivity index (χ1) is 8.51. The molecule has 3 amide bonds. The van der Waals surface area contributed by atoms with Crippen molar-refractivity contribution in [2.24, 2.45) is 0 Å². The maximum atomic E-state index is 12.1. The van der Waals surface area contributed by atoms with Gasteiger partial charge in [0.2, 0.25) is 5.88 Å². The van der Waals surface area contributed by atoms with Crippen LogP contribution in [0.25, 0.3) is 0 Å². The van der Waals surface area contributed by atoms with Gasteiger partial charge in [-0.1, -0.05) is 0 Å². The minimum atomic E-state index is -1.07. The van der Waals surface area contributed by atoms with Crippen LogP contribution >= 0.6 is 15.9 Å². The van der Waals surface area contributed by atoms with Crippen LogP contribution in [0.5, 0.6) is 5.88 Å². The van der Waals surface area contributed by atoms with E-state index in [1.807, 2.05) is 6.92 Å². The predicted molar refractivity (Wildman–Crippen MR) is 65.0 cm³/mol. The molecular formula is C11H10BrN3O3. The van der Waals surface area contributed by atoms with E-state index in [-0.39, 0.29) is 12.0 Å². The summed E-state index contributed by atoms with van der Waals surface area (Å²) < 4.78 is 6.32. The zero-order valence-corrected chi connectivity index (χ0v) is 11.1. The molecule has 0 aromatic carbocycles. The number of urea groups is 1. The summed E-state index contributed by atoms with van der Waals surface area (Å²) in [6.07, 6.45) is 1.78. The number of pyridine rings is 1. The van der Waals surface area contributed by atoms with Crippen LogP contribution in [0.2, 0.25) is 0 Å². The molecular weight excluding hydrogens is 302 g/mol. The van der Waals surface area contributed by atoms with Gasteiger partial charge in [0, 0.05) is 17.1 Å². The fourth-order valence-electron chi connectivity index (χ4n) is 2.42. The maximum absolute atomic E-state index is 12.1. The summed E-state index contributed by atoms with van der Waals surface area (Å²) in [7, 11) is 0. The molecule has 0 radical (unpaired) electrons. The molecule has 1 saturated heterocycles. The Balaban J connectivity index is 2.20. The summed E-state index contributed by atoms with van der Waals surface area (Å²) in [6, 6.07) is 1.26. The van der Waals surface area contributed by atoms with Crippen LogP contribution in [0.4, 0.5) is 4.79 Å². The Morgan fingerprint density at radius 1 is 1.56 bits per heavy atom. The predicted octanol–water partition coefficient (Wildman–Crippen LogP) is 1.05. The van der Waals surface area contributed by atoms with Gasteiger partial charge in [0.25, 0.3) is 5.91 Å². The van der Waals surface area contributed by atoms with Crippen LogP contribution in [0.15, 0.2) is 16.7 Å². The van der Waals surface area contributed by atoms with Gasteiger partial charge in [-0.2, -0.15) is 0 Å². The lowest BCUT2D eigenvalue weighted by molar-refractivity contribution is -0.126. The van der Waals surface area contributed by atoms with Crippen LogP contribution in [0.1, 0.15) is 18.9 Å². The molecule has 18 heavy (non-hydrogen) atoms.